The zero-order chi connectivity index (χ0) is 38.4. The van der Waals surface area contributed by atoms with Crippen molar-refractivity contribution in [2.45, 2.75) is 50.2 Å². The molecule has 11 nitrogen and oxygen atoms in total. The summed E-state index contributed by atoms with van der Waals surface area (Å²) in [6.07, 6.45) is 3.32. The van der Waals surface area contributed by atoms with Gasteiger partial charge in [-0.2, -0.15) is 0 Å². The molecule has 2 aromatic heterocycles. The van der Waals surface area contributed by atoms with E-state index in [4.69, 9.17) is 18.9 Å². The van der Waals surface area contributed by atoms with Crippen molar-refractivity contribution in [1.82, 2.24) is 9.13 Å². The Labute approximate surface area is 314 Å². The van der Waals surface area contributed by atoms with Crippen molar-refractivity contribution in [2.24, 2.45) is 5.92 Å². The molecule has 12 heteroatoms. The minimum absolute atomic E-state index is 0.0570. The number of fused-ring (bicyclic) bond motifs is 2. The Kier molecular flexibility index (Phi) is 9.86. The lowest BCUT2D eigenvalue weighted by atomic mass is 9.82. The number of hydrogen-bond donors (Lipinski definition) is 1. The molecular formula is C42H45N3O8Si. The fourth-order valence-corrected chi connectivity index (χ4v) is 12.7. The summed E-state index contributed by atoms with van der Waals surface area (Å²) in [5.41, 5.74) is 1.41. The lowest BCUT2D eigenvalue weighted by Gasteiger charge is -2.37. The zero-order valence-corrected chi connectivity index (χ0v) is 32.3. The number of rotatable bonds is 11. The number of ether oxygens (including phenoxy) is 4. The number of hydrogen-bond acceptors (Lipinski definition) is 8. The van der Waals surface area contributed by atoms with E-state index in [0.29, 0.717) is 29.0 Å². The first-order valence-electron chi connectivity index (χ1n) is 18.0. The summed E-state index contributed by atoms with van der Waals surface area (Å²) in [4.78, 5) is 43.4. The maximum absolute atomic E-state index is 15.3. The predicted molar refractivity (Wildman–Crippen MR) is 210 cm³/mol. The van der Waals surface area contributed by atoms with Gasteiger partial charge in [0.15, 0.2) is 17.1 Å². The molecular weight excluding hydrogens is 703 g/mol. The summed E-state index contributed by atoms with van der Waals surface area (Å²) in [6.45, 7) is 6.83. The van der Waals surface area contributed by atoms with Crippen LogP contribution in [-0.4, -0.2) is 62.3 Å². The number of aliphatic hydroxyl groups excluding tert-OH is 1. The van der Waals surface area contributed by atoms with E-state index in [1.807, 2.05) is 54.6 Å². The molecule has 2 aliphatic heterocycles. The standard InChI is InChI=1S/C42H45N3O8Si/c1-27-38(54(5,6)32-18-16-31(50-2)17-19-32)35(21-24-46)53-42(27)33-25-30(44-23-8-10-37(52-4)40(44)48)15-20-34(33)45(41(42)49)26-28-11-13-29(14-12-28)43-22-7-9-36(51-3)39(43)47/h7-20,22-23,25,27,35,38,46H,21,24,26H2,1-6H3/t27-,35+,38-,42+/m1/s1. The first-order valence-corrected chi connectivity index (χ1v) is 21.1. The van der Waals surface area contributed by atoms with Crippen LogP contribution in [-0.2, 0) is 21.7 Å². The van der Waals surface area contributed by atoms with Gasteiger partial charge < -0.3 is 29.0 Å². The second-order valence-electron chi connectivity index (χ2n) is 14.4. The molecule has 0 saturated carbocycles. The van der Waals surface area contributed by atoms with Crippen LogP contribution in [0.5, 0.6) is 17.2 Å². The quantitative estimate of drug-likeness (QED) is 0.184. The van der Waals surface area contributed by atoms with Crippen LogP contribution in [0.3, 0.4) is 0 Å². The largest absolute Gasteiger partial charge is 0.497 e. The van der Waals surface area contributed by atoms with Crippen molar-refractivity contribution in [3.63, 3.8) is 0 Å². The number of anilines is 1. The highest BCUT2D eigenvalue weighted by atomic mass is 28.3. The second-order valence-corrected chi connectivity index (χ2v) is 19.1. The van der Waals surface area contributed by atoms with E-state index in [1.165, 1.54) is 28.5 Å². The highest BCUT2D eigenvalue weighted by Crippen LogP contribution is 2.60. The van der Waals surface area contributed by atoms with Gasteiger partial charge in [-0.1, -0.05) is 49.5 Å². The Morgan fingerprint density at radius 3 is 1.94 bits per heavy atom. The van der Waals surface area contributed by atoms with Crippen LogP contribution in [0.2, 0.25) is 18.6 Å². The summed E-state index contributed by atoms with van der Waals surface area (Å²) >= 11 is 0. The molecule has 1 saturated heterocycles. The Morgan fingerprint density at radius 2 is 1.37 bits per heavy atom. The van der Waals surface area contributed by atoms with E-state index < -0.39 is 19.8 Å². The maximum atomic E-state index is 15.3. The molecule has 1 fully saturated rings. The molecule has 3 aromatic carbocycles. The number of carbonyl (C=O) groups excluding carboxylic acids is 1. The van der Waals surface area contributed by atoms with Crippen LogP contribution in [0.4, 0.5) is 5.69 Å². The third-order valence-electron chi connectivity index (χ3n) is 11.3. The van der Waals surface area contributed by atoms with Crippen molar-refractivity contribution in [3.8, 4) is 28.6 Å². The molecule has 7 rings (SSSR count). The Bertz CT molecular complexity index is 2300. The number of amides is 1. The maximum Gasteiger partial charge on any atom is 0.297 e. The van der Waals surface area contributed by atoms with Crippen molar-refractivity contribution in [2.75, 3.05) is 32.8 Å². The third-order valence-corrected chi connectivity index (χ3v) is 15.7. The first-order chi connectivity index (χ1) is 26.0. The van der Waals surface area contributed by atoms with Gasteiger partial charge in [0.1, 0.15) is 5.75 Å². The highest BCUT2D eigenvalue weighted by Gasteiger charge is 2.66. The molecule has 1 N–H and O–H groups in total. The van der Waals surface area contributed by atoms with E-state index in [-0.39, 0.29) is 53.1 Å². The molecule has 0 aliphatic carbocycles. The number of benzene rings is 3. The number of aliphatic hydroxyl groups is 1. The molecule has 4 atom stereocenters. The number of nitrogens with zero attached hydrogens (tertiary/aromatic N) is 3. The van der Waals surface area contributed by atoms with Gasteiger partial charge >= 0.3 is 0 Å². The summed E-state index contributed by atoms with van der Waals surface area (Å²) in [6, 6.07) is 28.0. The number of pyridine rings is 2. The number of carbonyl (C=O) groups is 1. The fourth-order valence-electron chi connectivity index (χ4n) is 8.62. The molecule has 0 radical (unpaired) electrons. The van der Waals surface area contributed by atoms with Crippen molar-refractivity contribution in [3.05, 3.63) is 135 Å². The molecule has 0 unspecified atom stereocenters. The van der Waals surface area contributed by atoms with Crippen LogP contribution in [0.1, 0.15) is 24.5 Å². The van der Waals surface area contributed by atoms with E-state index in [1.54, 1.807) is 48.7 Å². The fraction of sp³-hybridized carbons (Fsp3) is 0.310. The van der Waals surface area contributed by atoms with Gasteiger partial charge in [-0.25, -0.2) is 0 Å². The van der Waals surface area contributed by atoms with Crippen LogP contribution in [0.25, 0.3) is 11.4 Å². The minimum Gasteiger partial charge on any atom is -0.497 e. The normalized spacial score (nSPS) is 20.7. The Morgan fingerprint density at radius 1 is 0.778 bits per heavy atom. The Hall–Kier alpha value is -5.43. The third kappa shape index (κ3) is 5.94. The molecule has 4 heterocycles. The first kappa shape index (κ1) is 36.9. The Balaban J connectivity index is 1.34. The minimum atomic E-state index is -2.41. The molecule has 280 valence electrons. The summed E-state index contributed by atoms with van der Waals surface area (Å²) < 4.78 is 26.2. The van der Waals surface area contributed by atoms with Gasteiger partial charge in [-0.05, 0) is 84.3 Å². The van der Waals surface area contributed by atoms with Crippen LogP contribution in [0.15, 0.2) is 113 Å². The zero-order valence-electron chi connectivity index (χ0n) is 31.3. The van der Waals surface area contributed by atoms with Crippen LogP contribution in [0, 0.1) is 5.92 Å². The monoisotopic (exact) mass is 747 g/mol. The lowest BCUT2D eigenvalue weighted by Crippen LogP contribution is -2.51. The molecule has 1 amide bonds. The molecule has 1 spiro atoms. The van der Waals surface area contributed by atoms with Gasteiger partial charge in [0.05, 0.1) is 47.7 Å². The lowest BCUT2D eigenvalue weighted by molar-refractivity contribution is -0.146. The van der Waals surface area contributed by atoms with Crippen LogP contribution < -0.4 is 35.4 Å². The smallest absolute Gasteiger partial charge is 0.297 e. The van der Waals surface area contributed by atoms with Gasteiger partial charge in [-0.15, -0.1) is 0 Å². The van der Waals surface area contributed by atoms with E-state index in [0.717, 1.165) is 11.3 Å². The molecule has 54 heavy (non-hydrogen) atoms. The van der Waals surface area contributed by atoms with Crippen LogP contribution >= 0.6 is 0 Å². The number of aromatic nitrogens is 2. The predicted octanol–water partition coefficient (Wildman–Crippen LogP) is 5.16. The summed E-state index contributed by atoms with van der Waals surface area (Å²) in [7, 11) is 2.16. The summed E-state index contributed by atoms with van der Waals surface area (Å²) in [5.74, 6) is 0.711. The SMILES string of the molecule is COc1ccc([Si](C)(C)[C@H]2[C@H](CCO)O[C@@]3(C(=O)N(Cc4ccc(-n5cccc(OC)c5=O)cc4)c4ccc(-n5cccc(OC)c5=O)cc43)[C@@H]2C)cc1. The van der Waals surface area contributed by atoms with Gasteiger partial charge in [-0.3, -0.25) is 23.5 Å². The average Bonchev–Trinajstić information content (AvgIpc) is 3.61. The summed E-state index contributed by atoms with van der Waals surface area (Å²) in [5, 5.41) is 11.5. The topological polar surface area (TPSA) is 121 Å². The van der Waals surface area contributed by atoms with Gasteiger partial charge in [0, 0.05) is 41.9 Å². The average molecular weight is 748 g/mol. The molecule has 0 bridgehead atoms. The molecule has 5 aromatic rings. The van der Waals surface area contributed by atoms with Gasteiger partial charge in [0.25, 0.3) is 17.0 Å². The van der Waals surface area contributed by atoms with Gasteiger partial charge in [0.2, 0.25) is 0 Å². The van der Waals surface area contributed by atoms with Crippen molar-refractivity contribution >= 4 is 24.9 Å². The molecule has 2 aliphatic rings. The highest BCUT2D eigenvalue weighted by molar-refractivity contribution is 6.91. The van der Waals surface area contributed by atoms with E-state index in [9.17, 15) is 14.7 Å². The number of methoxy groups -OCH3 is 3. The van der Waals surface area contributed by atoms with Crippen molar-refractivity contribution in [1.29, 1.82) is 0 Å². The van der Waals surface area contributed by atoms with E-state index in [2.05, 4.69) is 32.2 Å². The van der Waals surface area contributed by atoms with E-state index >= 15 is 4.79 Å². The second kappa shape index (κ2) is 14.4. The van der Waals surface area contributed by atoms with Crippen molar-refractivity contribution < 1.29 is 28.8 Å².